The largest absolute Gasteiger partial charge is 0.377 e. The molecular formula is C24H30NO2P. The number of benzene rings is 2. The fourth-order valence-corrected chi connectivity index (χ4v) is 8.12. The van der Waals surface area contributed by atoms with Crippen LogP contribution in [0.15, 0.2) is 60.4 Å². The van der Waals surface area contributed by atoms with Gasteiger partial charge in [0.1, 0.15) is 0 Å². The first-order chi connectivity index (χ1) is 13.3. The van der Waals surface area contributed by atoms with E-state index in [1.807, 2.05) is 0 Å². The van der Waals surface area contributed by atoms with Crippen molar-refractivity contribution in [2.24, 2.45) is 0 Å². The van der Waals surface area contributed by atoms with E-state index in [9.17, 15) is 0 Å². The zero-order chi connectivity index (χ0) is 19.9. The highest BCUT2D eigenvalue weighted by atomic mass is 31.1. The van der Waals surface area contributed by atoms with Crippen molar-refractivity contribution >= 4 is 18.9 Å². The third-order valence-electron chi connectivity index (χ3n) is 5.73. The first-order valence-corrected chi connectivity index (χ1v) is 11.3. The van der Waals surface area contributed by atoms with E-state index in [4.69, 9.17) is 9.47 Å². The summed E-state index contributed by atoms with van der Waals surface area (Å²) in [7, 11) is 3.65. The zero-order valence-electron chi connectivity index (χ0n) is 17.4. The van der Waals surface area contributed by atoms with Crippen LogP contribution in [0.1, 0.15) is 26.7 Å². The third-order valence-corrected chi connectivity index (χ3v) is 8.76. The molecule has 1 atom stereocenters. The van der Waals surface area contributed by atoms with Crippen LogP contribution in [0.5, 0.6) is 0 Å². The Balaban J connectivity index is 1.80. The fraction of sp³-hybridized carbons (Fsp3) is 0.417. The summed E-state index contributed by atoms with van der Waals surface area (Å²) in [5, 5.41) is 2.73. The summed E-state index contributed by atoms with van der Waals surface area (Å²) >= 11 is 0. The molecule has 4 heteroatoms. The first-order valence-electron chi connectivity index (χ1n) is 9.95. The minimum absolute atomic E-state index is 0.0537. The summed E-state index contributed by atoms with van der Waals surface area (Å²) in [6, 6.07) is 17.5. The Labute approximate surface area is 170 Å². The highest BCUT2D eigenvalue weighted by molar-refractivity contribution is 7.71. The molecule has 2 fully saturated rings. The van der Waals surface area contributed by atoms with E-state index in [-0.39, 0.29) is 5.16 Å². The second kappa shape index (κ2) is 7.30. The van der Waals surface area contributed by atoms with E-state index in [1.54, 1.807) is 0 Å². The van der Waals surface area contributed by atoms with E-state index < -0.39 is 13.7 Å². The summed E-state index contributed by atoms with van der Waals surface area (Å²) in [5.41, 5.74) is 3.84. The van der Waals surface area contributed by atoms with Gasteiger partial charge in [0.25, 0.3) is 0 Å². The van der Waals surface area contributed by atoms with Crippen LogP contribution in [0.25, 0.3) is 11.1 Å². The Bertz CT molecular complexity index is 884. The summed E-state index contributed by atoms with van der Waals surface area (Å²) in [5.74, 6) is -0.462. The molecule has 2 saturated heterocycles. The van der Waals surface area contributed by atoms with Gasteiger partial charge in [-0.2, -0.15) is 0 Å². The average molecular weight is 395 g/mol. The van der Waals surface area contributed by atoms with Gasteiger partial charge in [0.05, 0.1) is 13.2 Å². The van der Waals surface area contributed by atoms with Crippen molar-refractivity contribution in [1.29, 1.82) is 0 Å². The molecule has 0 N–H and O–H groups in total. The van der Waals surface area contributed by atoms with Crippen molar-refractivity contribution in [2.45, 2.75) is 37.6 Å². The third kappa shape index (κ3) is 3.41. The lowest BCUT2D eigenvalue weighted by molar-refractivity contribution is -0.165. The lowest BCUT2D eigenvalue weighted by Gasteiger charge is -2.48. The lowest BCUT2D eigenvalue weighted by atomic mass is 9.97. The Morgan fingerprint density at radius 3 is 2.18 bits per heavy atom. The summed E-state index contributed by atoms with van der Waals surface area (Å²) in [4.78, 5) is 2.19. The van der Waals surface area contributed by atoms with E-state index in [1.165, 1.54) is 27.4 Å². The molecule has 2 aliphatic rings. The average Bonchev–Trinajstić information content (AvgIpc) is 3.07. The molecule has 2 aromatic rings. The standard InChI is InChI=1S/C24H30NO2P/c1-18-16-24(26-14-15-27-24)17-23(2,3)28(18)22-13-9-7-11-20(22)19-10-6-8-12-21(19)25(4)5/h6-13H,1,14-17H2,2-5H3. The quantitative estimate of drug-likeness (QED) is 0.654. The molecule has 2 aliphatic heterocycles. The monoisotopic (exact) mass is 395 g/mol. The van der Waals surface area contributed by atoms with E-state index in [0.717, 1.165) is 12.8 Å². The molecule has 0 radical (unpaired) electrons. The van der Waals surface area contributed by atoms with Gasteiger partial charge >= 0.3 is 0 Å². The van der Waals surface area contributed by atoms with Gasteiger partial charge in [0, 0.05) is 38.2 Å². The molecular weight excluding hydrogens is 365 g/mol. The van der Waals surface area contributed by atoms with Gasteiger partial charge in [-0.3, -0.25) is 0 Å². The molecule has 1 unspecified atom stereocenters. The van der Waals surface area contributed by atoms with Gasteiger partial charge in [-0.05, 0) is 35.3 Å². The predicted octanol–water partition coefficient (Wildman–Crippen LogP) is 5.36. The first kappa shape index (κ1) is 19.6. The molecule has 2 heterocycles. The molecule has 3 nitrogen and oxygen atoms in total. The van der Waals surface area contributed by atoms with Crippen LogP contribution in [-0.2, 0) is 9.47 Å². The van der Waals surface area contributed by atoms with Crippen molar-refractivity contribution < 1.29 is 9.47 Å². The van der Waals surface area contributed by atoms with Gasteiger partial charge in [0.2, 0.25) is 0 Å². The van der Waals surface area contributed by atoms with Crippen LogP contribution in [0.2, 0.25) is 0 Å². The summed E-state index contributed by atoms with van der Waals surface area (Å²) < 4.78 is 12.1. The van der Waals surface area contributed by atoms with E-state index in [2.05, 4.69) is 88.0 Å². The fourth-order valence-electron chi connectivity index (χ4n) is 4.80. The minimum atomic E-state index is -0.562. The van der Waals surface area contributed by atoms with Crippen molar-refractivity contribution in [1.82, 2.24) is 0 Å². The number of anilines is 1. The second-order valence-corrected chi connectivity index (χ2v) is 11.6. The lowest BCUT2D eigenvalue weighted by Crippen LogP contribution is -2.44. The maximum absolute atomic E-state index is 6.06. The van der Waals surface area contributed by atoms with Crippen LogP contribution < -0.4 is 10.2 Å². The minimum Gasteiger partial charge on any atom is -0.377 e. The molecule has 28 heavy (non-hydrogen) atoms. The Hall–Kier alpha value is -1.67. The molecule has 4 rings (SSSR count). The van der Waals surface area contributed by atoms with Crippen LogP contribution in [-0.4, -0.2) is 38.3 Å². The number of hydrogen-bond donors (Lipinski definition) is 0. The van der Waals surface area contributed by atoms with Crippen LogP contribution in [0.4, 0.5) is 5.69 Å². The van der Waals surface area contributed by atoms with E-state index >= 15 is 0 Å². The normalized spacial score (nSPS) is 23.1. The maximum Gasteiger partial charge on any atom is 0.173 e. The van der Waals surface area contributed by atoms with Crippen LogP contribution >= 0.6 is 7.92 Å². The van der Waals surface area contributed by atoms with Crippen LogP contribution in [0, 0.1) is 0 Å². The van der Waals surface area contributed by atoms with Crippen molar-refractivity contribution in [2.75, 3.05) is 32.2 Å². The molecule has 148 valence electrons. The Morgan fingerprint density at radius 1 is 0.929 bits per heavy atom. The number of ether oxygens (including phenoxy) is 2. The van der Waals surface area contributed by atoms with Crippen molar-refractivity contribution in [3.63, 3.8) is 0 Å². The number of hydrogen-bond acceptors (Lipinski definition) is 3. The maximum atomic E-state index is 6.06. The SMILES string of the molecule is C=C1CC2(CC(C)(C)P1c1ccccc1-c1ccccc1N(C)C)OCCO2. The molecule has 0 amide bonds. The zero-order valence-corrected chi connectivity index (χ0v) is 18.3. The van der Waals surface area contributed by atoms with Gasteiger partial charge < -0.3 is 14.4 Å². The van der Waals surface area contributed by atoms with Gasteiger partial charge in [0.15, 0.2) is 5.79 Å². The van der Waals surface area contributed by atoms with Gasteiger partial charge in [-0.15, -0.1) is 0 Å². The topological polar surface area (TPSA) is 21.7 Å². The smallest absolute Gasteiger partial charge is 0.173 e. The highest BCUT2D eigenvalue weighted by Crippen LogP contribution is 2.65. The molecule has 0 bridgehead atoms. The molecule has 0 saturated carbocycles. The number of rotatable bonds is 3. The predicted molar refractivity (Wildman–Crippen MR) is 120 cm³/mol. The molecule has 0 aliphatic carbocycles. The van der Waals surface area contributed by atoms with Gasteiger partial charge in [-0.25, -0.2) is 0 Å². The Kier molecular flexibility index (Phi) is 5.12. The number of nitrogens with zero attached hydrogens (tertiary/aromatic N) is 1. The summed E-state index contributed by atoms with van der Waals surface area (Å²) in [6.45, 7) is 10.6. The summed E-state index contributed by atoms with van der Waals surface area (Å²) in [6.07, 6.45) is 1.71. The highest BCUT2D eigenvalue weighted by Gasteiger charge is 2.51. The van der Waals surface area contributed by atoms with Crippen LogP contribution in [0.3, 0.4) is 0 Å². The molecule has 0 aromatic heterocycles. The molecule has 2 aromatic carbocycles. The van der Waals surface area contributed by atoms with Crippen molar-refractivity contribution in [3.05, 3.63) is 60.4 Å². The van der Waals surface area contributed by atoms with E-state index in [0.29, 0.717) is 13.2 Å². The Morgan fingerprint density at radius 2 is 1.54 bits per heavy atom. The second-order valence-electron chi connectivity index (χ2n) is 8.60. The number of para-hydroxylation sites is 1. The van der Waals surface area contributed by atoms with Gasteiger partial charge in [-0.1, -0.05) is 62.9 Å². The van der Waals surface area contributed by atoms with Crippen molar-refractivity contribution in [3.8, 4) is 11.1 Å². The molecule has 1 spiro atoms.